The van der Waals surface area contributed by atoms with Crippen molar-refractivity contribution in [3.8, 4) is 0 Å². The summed E-state index contributed by atoms with van der Waals surface area (Å²) >= 11 is 0. The van der Waals surface area contributed by atoms with E-state index in [9.17, 15) is 14.4 Å². The molecular formula is C20H22N2O4. The first-order valence-corrected chi connectivity index (χ1v) is 8.80. The monoisotopic (exact) mass is 354 g/mol. The van der Waals surface area contributed by atoms with Gasteiger partial charge in [0.15, 0.2) is 6.61 Å². The third-order valence-electron chi connectivity index (χ3n) is 4.62. The molecule has 0 bridgehead atoms. The molecule has 0 saturated carbocycles. The van der Waals surface area contributed by atoms with E-state index >= 15 is 0 Å². The largest absolute Gasteiger partial charge is 0.452 e. The second-order valence-electron chi connectivity index (χ2n) is 6.51. The van der Waals surface area contributed by atoms with Crippen molar-refractivity contribution in [1.82, 2.24) is 10.3 Å². The molecule has 136 valence electrons. The van der Waals surface area contributed by atoms with Gasteiger partial charge in [-0.3, -0.25) is 9.59 Å². The zero-order valence-corrected chi connectivity index (χ0v) is 14.7. The number of aromatic amines is 1. The summed E-state index contributed by atoms with van der Waals surface area (Å²) in [6.07, 6.45) is 6.05. The summed E-state index contributed by atoms with van der Waals surface area (Å²) in [5.41, 5.74) is 3.11. The van der Waals surface area contributed by atoms with E-state index in [0.717, 1.165) is 18.4 Å². The fourth-order valence-electron chi connectivity index (χ4n) is 3.18. The highest BCUT2D eigenvalue weighted by molar-refractivity contribution is 5.90. The molecular weight excluding hydrogens is 332 g/mol. The molecule has 0 fully saturated rings. The van der Waals surface area contributed by atoms with Gasteiger partial charge < -0.3 is 15.0 Å². The number of aryl methyl sites for hydroxylation is 2. The van der Waals surface area contributed by atoms with Crippen LogP contribution in [0.5, 0.6) is 0 Å². The fraction of sp³-hybridized carbons (Fsp3) is 0.350. The highest BCUT2D eigenvalue weighted by atomic mass is 16.5. The van der Waals surface area contributed by atoms with Crippen molar-refractivity contribution in [2.75, 3.05) is 6.61 Å². The van der Waals surface area contributed by atoms with E-state index < -0.39 is 24.0 Å². The molecule has 3 rings (SSSR count). The average molecular weight is 354 g/mol. The third-order valence-corrected chi connectivity index (χ3v) is 4.62. The van der Waals surface area contributed by atoms with Gasteiger partial charge in [-0.05, 0) is 61.4 Å². The van der Waals surface area contributed by atoms with E-state index in [2.05, 4.69) is 22.4 Å². The van der Waals surface area contributed by atoms with Gasteiger partial charge in [0.2, 0.25) is 0 Å². The zero-order chi connectivity index (χ0) is 18.5. The number of nitrogens with one attached hydrogen (secondary N) is 2. The van der Waals surface area contributed by atoms with Crippen molar-refractivity contribution in [2.45, 2.75) is 38.6 Å². The number of benzene rings is 1. The summed E-state index contributed by atoms with van der Waals surface area (Å²) in [7, 11) is 0. The molecule has 1 aliphatic carbocycles. The molecule has 1 aromatic carbocycles. The summed E-state index contributed by atoms with van der Waals surface area (Å²) in [6.45, 7) is 1.47. The van der Waals surface area contributed by atoms with Gasteiger partial charge in [0, 0.05) is 6.20 Å². The number of carbonyl (C=O) groups excluding carboxylic acids is 2. The van der Waals surface area contributed by atoms with Crippen molar-refractivity contribution in [2.24, 2.45) is 0 Å². The molecule has 26 heavy (non-hydrogen) atoms. The lowest BCUT2D eigenvalue weighted by Gasteiger charge is -2.20. The minimum absolute atomic E-state index is 0.122. The Labute approximate surface area is 151 Å². The van der Waals surface area contributed by atoms with Crippen molar-refractivity contribution in [3.63, 3.8) is 0 Å². The number of esters is 1. The zero-order valence-electron chi connectivity index (χ0n) is 14.7. The van der Waals surface area contributed by atoms with Crippen LogP contribution in [0, 0.1) is 0 Å². The third kappa shape index (κ3) is 4.20. The Morgan fingerprint density at radius 3 is 2.73 bits per heavy atom. The molecule has 0 saturated heterocycles. The Bertz CT molecular complexity index is 872. The van der Waals surface area contributed by atoms with E-state index in [1.54, 1.807) is 0 Å². The molecule has 1 aliphatic rings. The highest BCUT2D eigenvalue weighted by Gasteiger charge is 2.16. The first-order chi connectivity index (χ1) is 12.5. The van der Waals surface area contributed by atoms with Crippen LogP contribution in [0.4, 0.5) is 0 Å². The predicted octanol–water partition coefficient (Wildman–Crippen LogP) is 2.29. The Balaban J connectivity index is 1.55. The topological polar surface area (TPSA) is 88.3 Å². The van der Waals surface area contributed by atoms with E-state index in [1.807, 2.05) is 13.0 Å². The Morgan fingerprint density at radius 1 is 1.19 bits per heavy atom. The first kappa shape index (κ1) is 17.9. The summed E-state index contributed by atoms with van der Waals surface area (Å²) in [4.78, 5) is 37.8. The molecule has 1 heterocycles. The van der Waals surface area contributed by atoms with E-state index in [-0.39, 0.29) is 11.6 Å². The second kappa shape index (κ2) is 7.99. The number of hydrogen-bond donors (Lipinski definition) is 2. The number of ether oxygens (including phenoxy) is 1. The normalized spacial score (nSPS) is 14.2. The number of carbonyl (C=O) groups is 2. The maximum Gasteiger partial charge on any atom is 0.344 e. The highest BCUT2D eigenvalue weighted by Crippen LogP contribution is 2.24. The molecule has 6 heteroatoms. The van der Waals surface area contributed by atoms with Crippen molar-refractivity contribution in [3.05, 3.63) is 69.1 Å². The van der Waals surface area contributed by atoms with Crippen LogP contribution < -0.4 is 10.9 Å². The van der Waals surface area contributed by atoms with Gasteiger partial charge in [0.05, 0.1) is 6.04 Å². The smallest absolute Gasteiger partial charge is 0.344 e. The van der Waals surface area contributed by atoms with Crippen LogP contribution in [0.2, 0.25) is 0 Å². The van der Waals surface area contributed by atoms with E-state index in [4.69, 9.17) is 4.74 Å². The van der Waals surface area contributed by atoms with Gasteiger partial charge >= 0.3 is 5.97 Å². The number of pyridine rings is 1. The Hall–Kier alpha value is -2.89. The first-order valence-electron chi connectivity index (χ1n) is 8.80. The van der Waals surface area contributed by atoms with Gasteiger partial charge in [-0.25, -0.2) is 4.79 Å². The van der Waals surface area contributed by atoms with Gasteiger partial charge in [0.25, 0.3) is 11.5 Å². The van der Waals surface area contributed by atoms with E-state index in [0.29, 0.717) is 0 Å². The van der Waals surface area contributed by atoms with E-state index in [1.165, 1.54) is 42.3 Å². The number of H-pyrrole nitrogens is 1. The standard InChI is InChI=1S/C20H22N2O4/c1-13(15-9-8-14-5-2-3-6-16(14)11-15)22-18(23)12-26-20(25)17-7-4-10-21-19(17)24/h4,7-11,13H,2-3,5-6,12H2,1H3,(H,21,24)(H,22,23)/t13-/m0/s1. The predicted molar refractivity (Wildman–Crippen MR) is 97.0 cm³/mol. The van der Waals surface area contributed by atoms with Crippen LogP contribution in [0.15, 0.2) is 41.3 Å². The molecule has 0 aliphatic heterocycles. The molecule has 0 unspecified atom stereocenters. The van der Waals surface area contributed by atoms with Crippen molar-refractivity contribution in [1.29, 1.82) is 0 Å². The number of fused-ring (bicyclic) bond motifs is 1. The van der Waals surface area contributed by atoms with Gasteiger partial charge in [-0.15, -0.1) is 0 Å². The lowest BCUT2D eigenvalue weighted by Crippen LogP contribution is -2.32. The van der Waals surface area contributed by atoms with Crippen LogP contribution in [-0.4, -0.2) is 23.5 Å². The van der Waals surface area contributed by atoms with Gasteiger partial charge in [0.1, 0.15) is 5.56 Å². The average Bonchev–Trinajstić information content (AvgIpc) is 2.66. The number of amides is 1. The second-order valence-corrected chi connectivity index (χ2v) is 6.51. The van der Waals surface area contributed by atoms with Gasteiger partial charge in [-0.2, -0.15) is 0 Å². The minimum Gasteiger partial charge on any atom is -0.452 e. The molecule has 2 N–H and O–H groups in total. The summed E-state index contributed by atoms with van der Waals surface area (Å²) in [5, 5.41) is 2.82. The molecule has 1 aromatic heterocycles. The summed E-state index contributed by atoms with van der Waals surface area (Å²) < 4.78 is 4.93. The Morgan fingerprint density at radius 2 is 1.96 bits per heavy atom. The number of hydrogen-bond acceptors (Lipinski definition) is 4. The SMILES string of the molecule is C[C@H](NC(=O)COC(=O)c1ccc[nH]c1=O)c1ccc2c(c1)CCCC2. The molecule has 2 aromatic rings. The lowest BCUT2D eigenvalue weighted by atomic mass is 9.89. The molecule has 1 atom stereocenters. The van der Waals surface area contributed by atoms with Crippen LogP contribution in [-0.2, 0) is 22.4 Å². The number of rotatable bonds is 5. The fourth-order valence-corrected chi connectivity index (χ4v) is 3.18. The lowest BCUT2D eigenvalue weighted by molar-refractivity contribution is -0.124. The molecule has 0 radical (unpaired) electrons. The molecule has 1 amide bonds. The maximum atomic E-state index is 12.1. The quantitative estimate of drug-likeness (QED) is 0.807. The van der Waals surface area contributed by atoms with Crippen LogP contribution >= 0.6 is 0 Å². The van der Waals surface area contributed by atoms with Crippen LogP contribution in [0.1, 0.15) is 52.9 Å². The molecule has 6 nitrogen and oxygen atoms in total. The summed E-state index contributed by atoms with van der Waals surface area (Å²) in [5.74, 6) is -1.22. The van der Waals surface area contributed by atoms with Crippen molar-refractivity contribution >= 4 is 11.9 Å². The van der Waals surface area contributed by atoms with Crippen molar-refractivity contribution < 1.29 is 14.3 Å². The maximum absolute atomic E-state index is 12.1. The minimum atomic E-state index is -0.816. The number of aromatic nitrogens is 1. The van der Waals surface area contributed by atoms with Crippen LogP contribution in [0.3, 0.4) is 0 Å². The summed E-state index contributed by atoms with van der Waals surface area (Å²) in [6, 6.07) is 9.01. The molecule has 0 spiro atoms. The van der Waals surface area contributed by atoms with Crippen LogP contribution in [0.25, 0.3) is 0 Å². The Kier molecular flexibility index (Phi) is 5.51. The van der Waals surface area contributed by atoms with Gasteiger partial charge in [-0.1, -0.05) is 18.2 Å².